The first kappa shape index (κ1) is 17.3. The van der Waals surface area contributed by atoms with Crippen LogP contribution in [0.4, 0.5) is 0 Å². The monoisotopic (exact) mass is 317 g/mol. The summed E-state index contributed by atoms with van der Waals surface area (Å²) in [7, 11) is 5.54. The van der Waals surface area contributed by atoms with Crippen LogP contribution in [0.25, 0.3) is 0 Å². The highest BCUT2D eigenvalue weighted by Crippen LogP contribution is 2.19. The largest absolute Gasteiger partial charge is 0.482 e. The zero-order chi connectivity index (χ0) is 16.8. The van der Waals surface area contributed by atoms with Gasteiger partial charge < -0.3 is 14.4 Å². The van der Waals surface area contributed by atoms with E-state index in [-0.39, 0.29) is 18.6 Å². The predicted octanol–water partition coefficient (Wildman–Crippen LogP) is 1.11. The summed E-state index contributed by atoms with van der Waals surface area (Å²) < 4.78 is 10.9. The van der Waals surface area contributed by atoms with E-state index in [0.717, 1.165) is 13.0 Å². The zero-order valence-corrected chi connectivity index (χ0v) is 13.9. The van der Waals surface area contributed by atoms with E-state index in [9.17, 15) is 4.79 Å². The van der Waals surface area contributed by atoms with Crippen molar-refractivity contribution in [1.29, 1.82) is 5.26 Å². The summed E-state index contributed by atoms with van der Waals surface area (Å²) in [6.07, 6.45) is 1.15. The maximum Gasteiger partial charge on any atom is 0.260 e. The molecule has 1 fully saturated rings. The Kier molecular flexibility index (Phi) is 5.97. The second-order valence-electron chi connectivity index (χ2n) is 5.86. The van der Waals surface area contributed by atoms with Gasteiger partial charge >= 0.3 is 0 Å². The Morgan fingerprint density at radius 1 is 1.48 bits per heavy atom. The van der Waals surface area contributed by atoms with Crippen LogP contribution in [0.2, 0.25) is 0 Å². The molecule has 1 aromatic rings. The molecular weight excluding hydrogens is 294 g/mol. The van der Waals surface area contributed by atoms with E-state index in [1.807, 2.05) is 7.05 Å². The fraction of sp³-hybridized carbons (Fsp3) is 0.529. The van der Waals surface area contributed by atoms with Gasteiger partial charge in [0.25, 0.3) is 5.91 Å². The van der Waals surface area contributed by atoms with Crippen molar-refractivity contribution in [3.63, 3.8) is 0 Å². The maximum absolute atomic E-state index is 12.2. The molecule has 0 bridgehead atoms. The van der Waals surface area contributed by atoms with Crippen molar-refractivity contribution in [2.45, 2.75) is 18.6 Å². The number of amides is 1. The van der Waals surface area contributed by atoms with Crippen LogP contribution in [0.5, 0.6) is 5.75 Å². The number of nitrogens with zero attached hydrogens (tertiary/aromatic N) is 3. The molecule has 1 heterocycles. The molecule has 0 aliphatic carbocycles. The number of likely N-dealkylation sites (N-methyl/N-ethyl adjacent to an activating group) is 2. The van der Waals surface area contributed by atoms with Gasteiger partial charge in [-0.3, -0.25) is 9.69 Å². The molecule has 1 aliphatic heterocycles. The molecule has 2 rings (SSSR count). The summed E-state index contributed by atoms with van der Waals surface area (Å²) in [5, 5.41) is 9.02. The van der Waals surface area contributed by atoms with Gasteiger partial charge in [0.2, 0.25) is 0 Å². The molecule has 0 aromatic heterocycles. The van der Waals surface area contributed by atoms with Crippen molar-refractivity contribution >= 4 is 5.91 Å². The first-order valence-electron chi connectivity index (χ1n) is 7.64. The molecule has 0 N–H and O–H groups in total. The van der Waals surface area contributed by atoms with Gasteiger partial charge in [0.05, 0.1) is 11.7 Å². The van der Waals surface area contributed by atoms with Crippen LogP contribution < -0.4 is 4.74 Å². The van der Waals surface area contributed by atoms with Crippen molar-refractivity contribution in [2.75, 3.05) is 40.9 Å². The number of carbonyl (C=O) groups excluding carboxylic acids is 1. The van der Waals surface area contributed by atoms with Gasteiger partial charge in [0, 0.05) is 33.3 Å². The quantitative estimate of drug-likeness (QED) is 0.786. The van der Waals surface area contributed by atoms with Crippen molar-refractivity contribution < 1.29 is 14.3 Å². The highest BCUT2D eigenvalue weighted by atomic mass is 16.5. The smallest absolute Gasteiger partial charge is 0.260 e. The second-order valence-corrected chi connectivity index (χ2v) is 5.86. The van der Waals surface area contributed by atoms with Crippen molar-refractivity contribution in [2.24, 2.45) is 0 Å². The number of nitriles is 1. The topological polar surface area (TPSA) is 65.8 Å². The van der Waals surface area contributed by atoms with E-state index < -0.39 is 0 Å². The Morgan fingerprint density at radius 3 is 2.87 bits per heavy atom. The minimum atomic E-state index is -0.105. The van der Waals surface area contributed by atoms with E-state index in [1.165, 1.54) is 0 Å². The lowest BCUT2D eigenvalue weighted by Crippen LogP contribution is -2.41. The van der Waals surface area contributed by atoms with Gasteiger partial charge in [-0.25, -0.2) is 0 Å². The number of likely N-dealkylation sites (tertiary alicyclic amines) is 1. The van der Waals surface area contributed by atoms with Gasteiger partial charge in [-0.05, 0) is 25.6 Å². The Morgan fingerprint density at radius 2 is 2.22 bits per heavy atom. The Hall–Kier alpha value is -2.10. The summed E-state index contributed by atoms with van der Waals surface area (Å²) in [5.74, 6) is 0.334. The molecule has 0 saturated carbocycles. The van der Waals surface area contributed by atoms with Crippen LogP contribution in [0, 0.1) is 11.3 Å². The molecule has 1 amide bonds. The zero-order valence-electron chi connectivity index (χ0n) is 13.9. The van der Waals surface area contributed by atoms with Crippen molar-refractivity contribution in [1.82, 2.24) is 9.80 Å². The molecule has 1 saturated heterocycles. The molecule has 23 heavy (non-hydrogen) atoms. The SMILES string of the molecule is CO[C@H]1C[C@@H](CN(C)C(=O)COc2ccccc2C#N)N(C)C1. The average molecular weight is 317 g/mol. The maximum atomic E-state index is 12.2. The van der Waals surface area contributed by atoms with E-state index in [0.29, 0.717) is 23.9 Å². The van der Waals surface area contributed by atoms with E-state index in [4.69, 9.17) is 14.7 Å². The standard InChI is InChI=1S/C17H23N3O3/c1-19-11-15(22-3)8-14(19)10-20(2)17(21)12-23-16-7-5-4-6-13(16)9-18/h4-7,14-15H,8,10-12H2,1-3H3/t14-,15-/m0/s1. The first-order chi connectivity index (χ1) is 11.0. The molecule has 1 aliphatic rings. The van der Waals surface area contributed by atoms with Crippen LogP contribution in [0.3, 0.4) is 0 Å². The number of hydrogen-bond donors (Lipinski definition) is 0. The van der Waals surface area contributed by atoms with Crippen LogP contribution in [-0.2, 0) is 9.53 Å². The Bertz CT molecular complexity index is 585. The predicted molar refractivity (Wildman–Crippen MR) is 86.1 cm³/mol. The van der Waals surface area contributed by atoms with E-state index in [2.05, 4.69) is 11.0 Å². The Balaban J connectivity index is 1.85. The third kappa shape index (κ3) is 4.44. The molecule has 0 unspecified atom stereocenters. The number of ether oxygens (including phenoxy) is 2. The molecule has 124 valence electrons. The molecule has 6 nitrogen and oxygen atoms in total. The second kappa shape index (κ2) is 7.95. The van der Waals surface area contributed by atoms with Gasteiger partial charge in [0.15, 0.2) is 6.61 Å². The third-order valence-corrected chi connectivity index (χ3v) is 4.25. The molecule has 2 atom stereocenters. The van der Waals surface area contributed by atoms with Crippen LogP contribution in [0.1, 0.15) is 12.0 Å². The lowest BCUT2D eigenvalue weighted by Gasteiger charge is -2.25. The van der Waals surface area contributed by atoms with Crippen LogP contribution >= 0.6 is 0 Å². The number of carbonyl (C=O) groups is 1. The Labute approximate surface area is 137 Å². The molecule has 6 heteroatoms. The highest BCUT2D eigenvalue weighted by Gasteiger charge is 2.30. The van der Waals surface area contributed by atoms with Crippen molar-refractivity contribution in [3.8, 4) is 11.8 Å². The molecule has 0 radical (unpaired) electrons. The van der Waals surface area contributed by atoms with Gasteiger partial charge in [-0.15, -0.1) is 0 Å². The van der Waals surface area contributed by atoms with Gasteiger partial charge in [0.1, 0.15) is 11.8 Å². The van der Waals surface area contributed by atoms with Gasteiger partial charge in [-0.1, -0.05) is 12.1 Å². The summed E-state index contributed by atoms with van der Waals surface area (Å²) in [5.41, 5.74) is 0.432. The summed E-state index contributed by atoms with van der Waals surface area (Å²) in [4.78, 5) is 16.1. The number of rotatable bonds is 6. The highest BCUT2D eigenvalue weighted by molar-refractivity contribution is 5.77. The average Bonchev–Trinajstić information content (AvgIpc) is 2.92. The lowest BCUT2D eigenvalue weighted by molar-refractivity contribution is -0.132. The molecular formula is C17H23N3O3. The number of benzene rings is 1. The fourth-order valence-corrected chi connectivity index (χ4v) is 2.77. The summed E-state index contributed by atoms with van der Waals surface area (Å²) in [6.45, 7) is 1.45. The lowest BCUT2D eigenvalue weighted by atomic mass is 10.2. The number of para-hydroxylation sites is 1. The fourth-order valence-electron chi connectivity index (χ4n) is 2.77. The van der Waals surface area contributed by atoms with E-state index in [1.54, 1.807) is 43.3 Å². The molecule has 1 aromatic carbocycles. The van der Waals surface area contributed by atoms with Gasteiger partial charge in [-0.2, -0.15) is 5.26 Å². The normalized spacial score (nSPS) is 21.0. The third-order valence-electron chi connectivity index (χ3n) is 4.25. The number of methoxy groups -OCH3 is 1. The minimum absolute atomic E-state index is 0.0701. The summed E-state index contributed by atoms with van der Waals surface area (Å²) >= 11 is 0. The van der Waals surface area contributed by atoms with E-state index >= 15 is 0 Å². The minimum Gasteiger partial charge on any atom is -0.482 e. The summed E-state index contributed by atoms with van der Waals surface area (Å²) in [6, 6.07) is 9.25. The van der Waals surface area contributed by atoms with Crippen LogP contribution in [-0.4, -0.2) is 68.8 Å². The first-order valence-corrected chi connectivity index (χ1v) is 7.64. The number of hydrogen-bond acceptors (Lipinski definition) is 5. The molecule has 0 spiro atoms. The van der Waals surface area contributed by atoms with Crippen molar-refractivity contribution in [3.05, 3.63) is 29.8 Å². The van der Waals surface area contributed by atoms with Crippen LogP contribution in [0.15, 0.2) is 24.3 Å².